The van der Waals surface area contributed by atoms with Gasteiger partial charge < -0.3 is 20.4 Å². The molecule has 1 aromatic heterocycles. The predicted octanol–water partition coefficient (Wildman–Crippen LogP) is 7.18. The largest absolute Gasteiger partial charge is 0.361 e. The molecular formula is C31H45ClN6S. The van der Waals surface area contributed by atoms with Crippen LogP contribution in [0.3, 0.4) is 0 Å². The fourth-order valence-electron chi connectivity index (χ4n) is 6.96. The molecular weight excluding hydrogens is 524 g/mol. The molecule has 3 aliphatic rings. The van der Waals surface area contributed by atoms with Gasteiger partial charge in [-0.3, -0.25) is 0 Å². The molecule has 1 saturated carbocycles. The van der Waals surface area contributed by atoms with Gasteiger partial charge in [-0.1, -0.05) is 69.7 Å². The summed E-state index contributed by atoms with van der Waals surface area (Å²) >= 11 is 12.2. The van der Waals surface area contributed by atoms with Crippen LogP contribution < -0.4 is 20.4 Å². The Hall–Kier alpha value is -2.12. The van der Waals surface area contributed by atoms with Crippen molar-refractivity contribution in [1.82, 2.24) is 15.3 Å². The highest BCUT2D eigenvalue weighted by Crippen LogP contribution is 2.40. The lowest BCUT2D eigenvalue weighted by molar-refractivity contribution is 0.292. The molecule has 0 spiro atoms. The lowest BCUT2D eigenvalue weighted by Crippen LogP contribution is -2.44. The summed E-state index contributed by atoms with van der Waals surface area (Å²) in [5.41, 5.74) is 1.34. The van der Waals surface area contributed by atoms with Gasteiger partial charge in [0.1, 0.15) is 11.6 Å². The fourth-order valence-corrected chi connectivity index (χ4v) is 7.32. The normalized spacial score (nSPS) is 23.7. The second kappa shape index (κ2) is 13.0. The summed E-state index contributed by atoms with van der Waals surface area (Å²) in [6.45, 7) is 9.63. The molecule has 2 saturated heterocycles. The summed E-state index contributed by atoms with van der Waals surface area (Å²) in [7, 11) is 0. The summed E-state index contributed by atoms with van der Waals surface area (Å²) in [5, 5.41) is 8.31. The third-order valence-electron chi connectivity index (χ3n) is 8.88. The first kappa shape index (κ1) is 28.4. The van der Waals surface area contributed by atoms with E-state index in [0.717, 1.165) is 62.2 Å². The Kier molecular flexibility index (Phi) is 9.49. The molecule has 0 amide bonds. The Morgan fingerprint density at radius 2 is 1.56 bits per heavy atom. The number of nitrogens with one attached hydrogen (secondary N) is 2. The molecule has 8 heteroatoms. The minimum absolute atomic E-state index is 0.0366. The smallest absolute Gasteiger partial charge is 0.232 e. The van der Waals surface area contributed by atoms with E-state index in [4.69, 9.17) is 33.8 Å². The Bertz CT molecular complexity index is 1100. The monoisotopic (exact) mass is 568 g/mol. The quantitative estimate of drug-likeness (QED) is 0.358. The van der Waals surface area contributed by atoms with E-state index in [0.29, 0.717) is 22.9 Å². The van der Waals surface area contributed by atoms with Gasteiger partial charge >= 0.3 is 0 Å². The first-order chi connectivity index (χ1) is 18.9. The maximum Gasteiger partial charge on any atom is 0.232 e. The van der Waals surface area contributed by atoms with Crippen LogP contribution in [0.5, 0.6) is 0 Å². The van der Waals surface area contributed by atoms with Crippen molar-refractivity contribution in [2.75, 3.05) is 47.8 Å². The Morgan fingerprint density at radius 1 is 0.923 bits per heavy atom. The van der Waals surface area contributed by atoms with Crippen molar-refractivity contribution in [2.45, 2.75) is 83.5 Å². The van der Waals surface area contributed by atoms with Crippen molar-refractivity contribution in [3.05, 3.63) is 40.9 Å². The molecule has 6 nitrogen and oxygen atoms in total. The van der Waals surface area contributed by atoms with Gasteiger partial charge in [0.2, 0.25) is 5.95 Å². The lowest BCUT2D eigenvalue weighted by Gasteiger charge is -2.38. The van der Waals surface area contributed by atoms with Gasteiger partial charge in [0.15, 0.2) is 5.11 Å². The fraction of sp³-hybridized carbons (Fsp3) is 0.645. The van der Waals surface area contributed by atoms with Gasteiger partial charge in [0.05, 0.1) is 0 Å². The van der Waals surface area contributed by atoms with E-state index in [2.05, 4.69) is 58.5 Å². The molecule has 1 aliphatic carbocycles. The van der Waals surface area contributed by atoms with Crippen LogP contribution in [-0.4, -0.2) is 47.8 Å². The first-order valence-corrected chi connectivity index (χ1v) is 15.9. The Morgan fingerprint density at radius 3 is 2.23 bits per heavy atom. The number of hydrogen-bond donors (Lipinski definition) is 2. The van der Waals surface area contributed by atoms with Crippen molar-refractivity contribution < 1.29 is 0 Å². The van der Waals surface area contributed by atoms with Gasteiger partial charge in [-0.2, -0.15) is 9.97 Å². The highest BCUT2D eigenvalue weighted by molar-refractivity contribution is 7.80. The number of halogens is 1. The third-order valence-corrected chi connectivity index (χ3v) is 9.36. The second-order valence-corrected chi connectivity index (χ2v) is 13.2. The van der Waals surface area contributed by atoms with Crippen LogP contribution in [0, 0.1) is 11.8 Å². The molecule has 212 valence electrons. The number of benzene rings is 1. The summed E-state index contributed by atoms with van der Waals surface area (Å²) in [6, 6.07) is 10.6. The molecule has 0 unspecified atom stereocenters. The Labute approximate surface area is 245 Å². The molecule has 0 bridgehead atoms. The van der Waals surface area contributed by atoms with Gasteiger partial charge in [-0.25, -0.2) is 0 Å². The van der Waals surface area contributed by atoms with Gasteiger partial charge in [0.25, 0.3) is 0 Å². The third kappa shape index (κ3) is 7.35. The zero-order valence-electron chi connectivity index (χ0n) is 23.7. The van der Waals surface area contributed by atoms with E-state index in [1.165, 1.54) is 56.9 Å². The first-order valence-electron chi connectivity index (χ1n) is 15.1. The van der Waals surface area contributed by atoms with E-state index in [1.807, 2.05) is 6.07 Å². The molecule has 2 aliphatic heterocycles. The molecule has 2 N–H and O–H groups in total. The predicted molar refractivity (Wildman–Crippen MR) is 168 cm³/mol. The zero-order chi connectivity index (χ0) is 27.2. The molecule has 2 aromatic rings. The number of aromatic nitrogens is 2. The highest BCUT2D eigenvalue weighted by Gasteiger charge is 2.34. The van der Waals surface area contributed by atoms with E-state index in [-0.39, 0.29) is 5.41 Å². The summed E-state index contributed by atoms with van der Waals surface area (Å²) < 4.78 is 0. The lowest BCUT2D eigenvalue weighted by atomic mass is 9.69. The van der Waals surface area contributed by atoms with E-state index >= 15 is 0 Å². The van der Waals surface area contributed by atoms with Crippen LogP contribution >= 0.6 is 23.8 Å². The highest BCUT2D eigenvalue weighted by atomic mass is 35.5. The average Bonchev–Trinajstić information content (AvgIpc) is 3.22. The Balaban J connectivity index is 1.34. The topological polar surface area (TPSA) is 56.3 Å². The molecule has 3 heterocycles. The molecule has 1 aromatic carbocycles. The van der Waals surface area contributed by atoms with Crippen LogP contribution in [0.25, 0.3) is 0 Å². The number of rotatable bonds is 6. The number of hydrogen-bond acceptors (Lipinski definition) is 5. The van der Waals surface area contributed by atoms with Crippen molar-refractivity contribution in [3.8, 4) is 0 Å². The number of thiocarbonyl (C=S) groups is 1. The maximum atomic E-state index is 6.40. The van der Waals surface area contributed by atoms with Crippen LogP contribution in [0.4, 0.5) is 17.6 Å². The van der Waals surface area contributed by atoms with Crippen LogP contribution in [0.2, 0.25) is 5.02 Å². The van der Waals surface area contributed by atoms with Crippen molar-refractivity contribution in [1.29, 1.82) is 0 Å². The second-order valence-electron chi connectivity index (χ2n) is 12.3. The van der Waals surface area contributed by atoms with Gasteiger partial charge in [-0.05, 0) is 73.9 Å². The summed E-state index contributed by atoms with van der Waals surface area (Å²) in [6.07, 6.45) is 12.3. The molecule has 2 atom stereocenters. The van der Waals surface area contributed by atoms with E-state index < -0.39 is 0 Å². The number of piperidine rings is 1. The molecule has 39 heavy (non-hydrogen) atoms. The van der Waals surface area contributed by atoms with Crippen molar-refractivity contribution in [2.24, 2.45) is 11.8 Å². The van der Waals surface area contributed by atoms with Gasteiger partial charge in [0, 0.05) is 49.2 Å². The van der Waals surface area contributed by atoms with Crippen LogP contribution in [-0.2, 0) is 5.41 Å². The van der Waals surface area contributed by atoms with Crippen LogP contribution in [0.1, 0.15) is 83.6 Å². The minimum atomic E-state index is 0.0366. The standard InChI is InChI=1S/C31H45ClN6S/c1-23-17-24(2)21-38(20-23)28-19-27(37-15-8-3-4-9-16-37)34-29(35-28)36-30(39)33-22-31(13-6-5-7-14-31)25-11-10-12-26(32)18-25/h10-12,18-19,23-24H,3-9,13-17,20-22H2,1-2H3,(H2,33,34,35,36,39)/t23-,24-/m0/s1. The molecule has 0 radical (unpaired) electrons. The van der Waals surface area contributed by atoms with Gasteiger partial charge in [-0.15, -0.1) is 0 Å². The number of anilines is 3. The van der Waals surface area contributed by atoms with Crippen LogP contribution in [0.15, 0.2) is 30.3 Å². The van der Waals surface area contributed by atoms with Crippen molar-refractivity contribution in [3.63, 3.8) is 0 Å². The summed E-state index contributed by atoms with van der Waals surface area (Å²) in [4.78, 5) is 14.9. The molecule has 3 fully saturated rings. The summed E-state index contributed by atoms with van der Waals surface area (Å²) in [5.74, 6) is 3.93. The van der Waals surface area contributed by atoms with E-state index in [1.54, 1.807) is 0 Å². The zero-order valence-corrected chi connectivity index (χ0v) is 25.3. The number of nitrogens with zero attached hydrogens (tertiary/aromatic N) is 4. The van der Waals surface area contributed by atoms with E-state index in [9.17, 15) is 0 Å². The van der Waals surface area contributed by atoms with Crippen molar-refractivity contribution >= 4 is 46.5 Å². The maximum absolute atomic E-state index is 6.40. The SMILES string of the molecule is C[C@H]1C[C@H](C)CN(c2cc(N3CCCCCC3)nc(NC(=S)NCC3(c4cccc(Cl)c4)CCCCC3)n2)C1. The average molecular weight is 569 g/mol. The molecule has 5 rings (SSSR count). The minimum Gasteiger partial charge on any atom is -0.361 e.